The van der Waals surface area contributed by atoms with Gasteiger partial charge >= 0.3 is 0 Å². The lowest BCUT2D eigenvalue weighted by atomic mass is 10.1. The first kappa shape index (κ1) is 8.47. The van der Waals surface area contributed by atoms with E-state index in [2.05, 4.69) is 5.27 Å². The molecular formula is C11H11N2O2+. The van der Waals surface area contributed by atoms with Crippen LogP contribution in [0.5, 0.6) is 5.75 Å². The number of rotatable bonds is 1. The molecule has 0 bridgehead atoms. The highest BCUT2D eigenvalue weighted by Crippen LogP contribution is 2.31. The largest absolute Gasteiger partial charge is 0.507 e. The molecule has 0 amide bonds. The maximum absolute atomic E-state index is 9.72. The van der Waals surface area contributed by atoms with Crippen LogP contribution in [0.4, 0.5) is 0 Å². The van der Waals surface area contributed by atoms with Crippen molar-refractivity contribution in [3.05, 3.63) is 30.0 Å². The summed E-state index contributed by atoms with van der Waals surface area (Å²) in [5, 5.41) is 13.7. The van der Waals surface area contributed by atoms with E-state index in [1.807, 2.05) is 16.8 Å². The number of hydrogen-bond donors (Lipinski definition) is 1. The molecule has 2 aromatic rings. The molecule has 2 heterocycles. The number of phenols is 1. The quantitative estimate of drug-likeness (QED) is 0.710. The molecule has 0 radical (unpaired) electrons. The van der Waals surface area contributed by atoms with Gasteiger partial charge in [0.1, 0.15) is 5.75 Å². The number of nitrogens with zero attached hydrogens (tertiary/aromatic N) is 2. The number of aromatic hydroxyl groups is 1. The Morgan fingerprint density at radius 2 is 2.20 bits per heavy atom. The highest BCUT2D eigenvalue weighted by molar-refractivity contribution is 5.66. The Morgan fingerprint density at radius 1 is 1.33 bits per heavy atom. The zero-order chi connectivity index (χ0) is 10.3. The van der Waals surface area contributed by atoms with E-state index in [0.29, 0.717) is 5.76 Å². The molecule has 0 saturated heterocycles. The molecule has 1 aromatic carbocycles. The summed E-state index contributed by atoms with van der Waals surface area (Å²) < 4.78 is 7.12. The van der Waals surface area contributed by atoms with Crippen molar-refractivity contribution in [2.24, 2.45) is 0 Å². The third-order valence-corrected chi connectivity index (χ3v) is 2.74. The molecule has 1 aromatic heterocycles. The van der Waals surface area contributed by atoms with E-state index in [4.69, 9.17) is 4.52 Å². The number of hydrogen-bond acceptors (Lipinski definition) is 3. The lowest BCUT2D eigenvalue weighted by molar-refractivity contribution is -0.756. The summed E-state index contributed by atoms with van der Waals surface area (Å²) in [6, 6.07) is 7.17. The average molecular weight is 203 g/mol. The van der Waals surface area contributed by atoms with Crippen LogP contribution in [0.15, 0.2) is 28.8 Å². The second-order valence-corrected chi connectivity index (χ2v) is 3.69. The van der Waals surface area contributed by atoms with Gasteiger partial charge in [0.2, 0.25) is 5.76 Å². The maximum atomic E-state index is 9.72. The topological polar surface area (TPSA) is 50.1 Å². The number of phenolic OH excluding ortho intramolecular Hbond substituents is 1. The van der Waals surface area contributed by atoms with E-state index >= 15 is 0 Å². The molecule has 4 heteroatoms. The highest BCUT2D eigenvalue weighted by Gasteiger charge is 2.31. The summed E-state index contributed by atoms with van der Waals surface area (Å²) in [4.78, 5) is 0. The third kappa shape index (κ3) is 1.21. The van der Waals surface area contributed by atoms with Crippen molar-refractivity contribution in [3.63, 3.8) is 0 Å². The van der Waals surface area contributed by atoms with Gasteiger partial charge in [-0.15, -0.1) is 0 Å². The van der Waals surface area contributed by atoms with Crippen molar-refractivity contribution in [3.8, 4) is 17.1 Å². The fraction of sp³-hybridized carbons (Fsp3) is 0.273. The van der Waals surface area contributed by atoms with Gasteiger partial charge in [0.05, 0.1) is 5.56 Å². The molecular weight excluding hydrogens is 192 g/mol. The van der Waals surface area contributed by atoms with E-state index in [0.717, 1.165) is 30.6 Å². The van der Waals surface area contributed by atoms with Crippen molar-refractivity contribution in [2.45, 2.75) is 19.4 Å². The number of aromatic nitrogens is 2. The van der Waals surface area contributed by atoms with Crippen LogP contribution < -0.4 is 4.68 Å². The minimum Gasteiger partial charge on any atom is -0.507 e. The maximum Gasteiger partial charge on any atom is 0.258 e. The first-order valence-electron chi connectivity index (χ1n) is 5.03. The van der Waals surface area contributed by atoms with Crippen molar-refractivity contribution in [1.29, 1.82) is 0 Å². The smallest absolute Gasteiger partial charge is 0.258 e. The summed E-state index contributed by atoms with van der Waals surface area (Å²) in [6.45, 7) is 0.909. The summed E-state index contributed by atoms with van der Waals surface area (Å²) in [5.41, 5.74) is 1.80. The van der Waals surface area contributed by atoms with Crippen LogP contribution >= 0.6 is 0 Å². The van der Waals surface area contributed by atoms with Gasteiger partial charge in [-0.2, -0.15) is 0 Å². The molecule has 1 aliphatic heterocycles. The van der Waals surface area contributed by atoms with Crippen LogP contribution in [0.2, 0.25) is 0 Å². The van der Waals surface area contributed by atoms with Crippen LogP contribution in [-0.4, -0.2) is 10.4 Å². The lowest BCUT2D eigenvalue weighted by Gasteiger charge is -1.97. The molecule has 4 nitrogen and oxygen atoms in total. The van der Waals surface area contributed by atoms with E-state index in [1.165, 1.54) is 0 Å². The molecule has 0 fully saturated rings. The van der Waals surface area contributed by atoms with Crippen LogP contribution in [0.3, 0.4) is 0 Å². The Hall–Kier alpha value is -1.84. The Labute approximate surface area is 86.7 Å². The van der Waals surface area contributed by atoms with Gasteiger partial charge in [0.15, 0.2) is 11.8 Å². The summed E-state index contributed by atoms with van der Waals surface area (Å²) in [6.07, 6.45) is 2.06. The average Bonchev–Trinajstić information content (AvgIpc) is 2.80. The first-order valence-corrected chi connectivity index (χ1v) is 5.03. The van der Waals surface area contributed by atoms with Gasteiger partial charge in [-0.3, -0.25) is 4.52 Å². The number of benzene rings is 1. The van der Waals surface area contributed by atoms with Crippen LogP contribution in [0, 0.1) is 0 Å². The summed E-state index contributed by atoms with van der Waals surface area (Å²) >= 11 is 0. The van der Waals surface area contributed by atoms with E-state index in [-0.39, 0.29) is 5.75 Å². The van der Waals surface area contributed by atoms with Crippen molar-refractivity contribution >= 4 is 0 Å². The molecule has 1 N–H and O–H groups in total. The monoisotopic (exact) mass is 203 g/mol. The number of fused-ring (bicyclic) bond motifs is 1. The normalized spacial score (nSPS) is 14.1. The van der Waals surface area contributed by atoms with Gasteiger partial charge in [0, 0.05) is 12.8 Å². The molecule has 0 atom stereocenters. The van der Waals surface area contributed by atoms with Gasteiger partial charge in [-0.1, -0.05) is 12.1 Å². The second-order valence-electron chi connectivity index (χ2n) is 3.69. The fourth-order valence-electron chi connectivity index (χ4n) is 1.99. The summed E-state index contributed by atoms with van der Waals surface area (Å²) in [7, 11) is 0. The van der Waals surface area contributed by atoms with Crippen LogP contribution in [0.1, 0.15) is 12.1 Å². The van der Waals surface area contributed by atoms with Crippen LogP contribution in [0.25, 0.3) is 11.3 Å². The predicted molar refractivity (Wildman–Crippen MR) is 52.1 cm³/mol. The Balaban J connectivity index is 2.17. The standard InChI is InChI=1S/C11H10N2O2/c14-10-6-2-1-4-8(10)11-9-5-3-7-13(9)12-15-11/h1-2,4,6H,3,5,7H2/p+1. The molecule has 0 saturated carbocycles. The van der Waals surface area contributed by atoms with E-state index < -0.39 is 0 Å². The zero-order valence-corrected chi connectivity index (χ0v) is 8.18. The highest BCUT2D eigenvalue weighted by atomic mass is 16.5. The SMILES string of the molecule is Oc1ccccc1-c1on[n+]2c1CCC2. The van der Waals surface area contributed by atoms with Crippen molar-refractivity contribution < 1.29 is 14.3 Å². The Bertz CT molecular complexity index is 505. The van der Waals surface area contributed by atoms with Gasteiger partial charge < -0.3 is 5.11 Å². The molecule has 0 spiro atoms. The van der Waals surface area contributed by atoms with Crippen molar-refractivity contribution in [2.75, 3.05) is 0 Å². The molecule has 0 unspecified atom stereocenters. The van der Waals surface area contributed by atoms with E-state index in [9.17, 15) is 5.11 Å². The lowest BCUT2D eigenvalue weighted by Crippen LogP contribution is -2.33. The molecule has 15 heavy (non-hydrogen) atoms. The first-order chi connectivity index (χ1) is 7.36. The number of para-hydroxylation sites is 1. The van der Waals surface area contributed by atoms with Crippen LogP contribution in [-0.2, 0) is 13.0 Å². The molecule has 3 rings (SSSR count). The Morgan fingerprint density at radius 3 is 3.07 bits per heavy atom. The molecule has 76 valence electrons. The zero-order valence-electron chi connectivity index (χ0n) is 8.18. The number of aryl methyl sites for hydroxylation is 1. The van der Waals surface area contributed by atoms with E-state index in [1.54, 1.807) is 12.1 Å². The minimum atomic E-state index is 0.240. The molecule has 0 aliphatic carbocycles. The van der Waals surface area contributed by atoms with Gasteiger partial charge in [-0.05, 0) is 16.8 Å². The fourth-order valence-corrected chi connectivity index (χ4v) is 1.99. The second kappa shape index (κ2) is 3.08. The van der Waals surface area contributed by atoms with Crippen molar-refractivity contribution in [1.82, 2.24) is 5.27 Å². The Kier molecular flexibility index (Phi) is 1.74. The van der Waals surface area contributed by atoms with Gasteiger partial charge in [0.25, 0.3) is 5.69 Å². The van der Waals surface area contributed by atoms with Gasteiger partial charge in [-0.25, -0.2) is 0 Å². The third-order valence-electron chi connectivity index (χ3n) is 2.74. The summed E-state index contributed by atoms with van der Waals surface area (Å²) in [5.74, 6) is 0.939. The minimum absolute atomic E-state index is 0.240. The predicted octanol–water partition coefficient (Wildman–Crippen LogP) is 1.28. The molecule has 1 aliphatic rings.